The summed E-state index contributed by atoms with van der Waals surface area (Å²) in [5, 5.41) is -0.381. The molecule has 3 saturated heterocycles. The lowest BCUT2D eigenvalue weighted by atomic mass is 9.82. The lowest BCUT2D eigenvalue weighted by molar-refractivity contribution is -0.0421. The van der Waals surface area contributed by atoms with E-state index in [1.165, 1.54) is 11.9 Å². The molecule has 1 aromatic heterocycles. The molecule has 9 nitrogen and oxygen atoms in total. The summed E-state index contributed by atoms with van der Waals surface area (Å²) in [5.74, 6) is 0.461. The standard InChI is InChI=1S/C33H50N6O3S/c1-24(2)43(41,42)38-16-12-29(13-17-38)31(28-10-8-7-9-11-28)39-21-20-37(22-25(39)3)33(6)14-18-36(19-15-33)32(40)30-26(4)34-23-35-27(30)5/h7-11,23-25,29,31H,12-22H2,1-6H3/t25-,31+/m0/s1. The molecule has 2 aromatic rings. The van der Waals surface area contributed by atoms with Gasteiger partial charge in [0.2, 0.25) is 10.0 Å². The fourth-order valence-electron chi connectivity index (χ4n) is 7.57. The number of likely N-dealkylation sites (tertiary alicyclic amines) is 1. The van der Waals surface area contributed by atoms with Gasteiger partial charge in [0.1, 0.15) is 6.33 Å². The van der Waals surface area contributed by atoms with Crippen LogP contribution in [0.4, 0.5) is 0 Å². The van der Waals surface area contributed by atoms with E-state index in [0.29, 0.717) is 30.6 Å². The lowest BCUT2D eigenvalue weighted by Crippen LogP contribution is -2.63. The molecule has 10 heteroatoms. The Morgan fingerprint density at radius 3 is 2.09 bits per heavy atom. The first-order valence-electron chi connectivity index (χ1n) is 16.0. The van der Waals surface area contributed by atoms with Gasteiger partial charge in [-0.1, -0.05) is 30.3 Å². The summed E-state index contributed by atoms with van der Waals surface area (Å²) in [4.78, 5) is 29.2. The zero-order chi connectivity index (χ0) is 30.9. The second-order valence-electron chi connectivity index (χ2n) is 13.4. The average Bonchev–Trinajstić information content (AvgIpc) is 2.99. The van der Waals surface area contributed by atoms with E-state index in [2.05, 4.69) is 63.9 Å². The summed E-state index contributed by atoms with van der Waals surface area (Å²) in [5.41, 5.74) is 3.52. The van der Waals surface area contributed by atoms with E-state index in [0.717, 1.165) is 69.8 Å². The van der Waals surface area contributed by atoms with Gasteiger partial charge in [-0.2, -0.15) is 0 Å². The van der Waals surface area contributed by atoms with Crippen LogP contribution in [0.15, 0.2) is 36.7 Å². The molecule has 3 fully saturated rings. The van der Waals surface area contributed by atoms with Gasteiger partial charge in [-0.3, -0.25) is 14.6 Å². The molecule has 0 saturated carbocycles. The first-order valence-corrected chi connectivity index (χ1v) is 17.5. The minimum absolute atomic E-state index is 0.0488. The Balaban J connectivity index is 1.25. The molecular weight excluding hydrogens is 560 g/mol. The number of aromatic nitrogens is 2. The second kappa shape index (κ2) is 12.9. The normalized spacial score (nSPS) is 23.9. The first-order chi connectivity index (χ1) is 20.4. The third-order valence-electron chi connectivity index (χ3n) is 10.4. The van der Waals surface area contributed by atoms with E-state index in [1.807, 2.05) is 18.7 Å². The van der Waals surface area contributed by atoms with Crippen LogP contribution in [0.5, 0.6) is 0 Å². The minimum Gasteiger partial charge on any atom is -0.338 e. The van der Waals surface area contributed by atoms with Crippen molar-refractivity contribution in [2.45, 2.75) is 90.1 Å². The van der Waals surface area contributed by atoms with Crippen LogP contribution in [0.1, 0.15) is 86.7 Å². The van der Waals surface area contributed by atoms with Crippen LogP contribution >= 0.6 is 0 Å². The van der Waals surface area contributed by atoms with Crippen molar-refractivity contribution in [3.8, 4) is 0 Å². The van der Waals surface area contributed by atoms with Crippen LogP contribution in [0.2, 0.25) is 0 Å². The summed E-state index contributed by atoms with van der Waals surface area (Å²) in [7, 11) is -3.22. The molecule has 3 aliphatic heterocycles. The van der Waals surface area contributed by atoms with Crippen LogP contribution in [0.25, 0.3) is 0 Å². The van der Waals surface area contributed by atoms with Gasteiger partial charge in [0.15, 0.2) is 0 Å². The molecule has 0 radical (unpaired) electrons. The monoisotopic (exact) mass is 610 g/mol. The van der Waals surface area contributed by atoms with Crippen molar-refractivity contribution in [1.29, 1.82) is 0 Å². The summed E-state index contributed by atoms with van der Waals surface area (Å²) in [6.45, 7) is 17.7. The fraction of sp³-hybridized carbons (Fsp3) is 0.667. The average molecular weight is 611 g/mol. The van der Waals surface area contributed by atoms with E-state index in [-0.39, 0.29) is 22.7 Å². The van der Waals surface area contributed by atoms with Crippen molar-refractivity contribution in [1.82, 2.24) is 29.0 Å². The van der Waals surface area contributed by atoms with Gasteiger partial charge in [0.25, 0.3) is 5.91 Å². The summed E-state index contributed by atoms with van der Waals surface area (Å²) in [6.07, 6.45) is 5.18. The summed E-state index contributed by atoms with van der Waals surface area (Å²) < 4.78 is 27.4. The van der Waals surface area contributed by atoms with Gasteiger partial charge in [-0.05, 0) is 78.7 Å². The van der Waals surface area contributed by atoms with E-state index in [9.17, 15) is 13.2 Å². The first kappa shape index (κ1) is 32.0. The molecule has 2 atom stereocenters. The molecule has 0 N–H and O–H groups in total. The van der Waals surface area contributed by atoms with Gasteiger partial charge >= 0.3 is 0 Å². The van der Waals surface area contributed by atoms with Gasteiger partial charge in [-0.25, -0.2) is 22.7 Å². The number of piperazine rings is 1. The van der Waals surface area contributed by atoms with Crippen molar-refractivity contribution in [3.63, 3.8) is 0 Å². The summed E-state index contributed by atoms with van der Waals surface area (Å²) in [6, 6.07) is 11.5. The number of aryl methyl sites for hydroxylation is 2. The van der Waals surface area contributed by atoms with E-state index in [4.69, 9.17) is 0 Å². The number of piperidine rings is 2. The number of carbonyl (C=O) groups is 1. The predicted molar refractivity (Wildman–Crippen MR) is 170 cm³/mol. The Hall–Kier alpha value is -2.40. The topological polar surface area (TPSA) is 90.0 Å². The predicted octanol–water partition coefficient (Wildman–Crippen LogP) is 4.29. The molecule has 236 valence electrons. The second-order valence-corrected chi connectivity index (χ2v) is 15.9. The Morgan fingerprint density at radius 2 is 1.53 bits per heavy atom. The maximum Gasteiger partial charge on any atom is 0.257 e. The summed E-state index contributed by atoms with van der Waals surface area (Å²) >= 11 is 0. The number of nitrogens with zero attached hydrogens (tertiary/aromatic N) is 6. The van der Waals surface area contributed by atoms with Crippen LogP contribution in [0.3, 0.4) is 0 Å². The number of amides is 1. The van der Waals surface area contributed by atoms with E-state index in [1.54, 1.807) is 18.2 Å². The molecule has 0 spiro atoms. The SMILES string of the molecule is Cc1ncnc(C)c1C(=O)N1CCC(C)(N2CCN([C@H](c3ccccc3)C3CCN(S(=O)(=O)C(C)C)CC3)[C@@H](C)C2)CC1. The number of rotatable bonds is 7. The van der Waals surface area contributed by atoms with Crippen molar-refractivity contribution in [3.05, 3.63) is 59.2 Å². The maximum absolute atomic E-state index is 13.4. The number of benzene rings is 1. The highest BCUT2D eigenvalue weighted by Gasteiger charge is 2.43. The minimum atomic E-state index is -3.22. The number of hydrogen-bond donors (Lipinski definition) is 0. The van der Waals surface area contributed by atoms with E-state index >= 15 is 0 Å². The Labute approximate surface area is 258 Å². The molecule has 43 heavy (non-hydrogen) atoms. The van der Waals surface area contributed by atoms with Crippen LogP contribution < -0.4 is 0 Å². The highest BCUT2D eigenvalue weighted by Crippen LogP contribution is 2.40. The molecule has 5 rings (SSSR count). The molecule has 0 aliphatic carbocycles. The maximum atomic E-state index is 13.4. The van der Waals surface area contributed by atoms with Gasteiger partial charge in [-0.15, -0.1) is 0 Å². The van der Waals surface area contributed by atoms with Crippen LogP contribution in [-0.2, 0) is 10.0 Å². The smallest absolute Gasteiger partial charge is 0.257 e. The molecule has 4 heterocycles. The van der Waals surface area contributed by atoms with Crippen molar-refractivity contribution in [2.24, 2.45) is 5.92 Å². The number of sulfonamides is 1. The Bertz CT molecular complexity index is 1350. The zero-order valence-corrected chi connectivity index (χ0v) is 27.7. The Kier molecular flexibility index (Phi) is 9.61. The molecule has 0 bridgehead atoms. The highest BCUT2D eigenvalue weighted by atomic mass is 32.2. The van der Waals surface area contributed by atoms with Crippen molar-refractivity contribution >= 4 is 15.9 Å². The molecule has 0 unspecified atom stereocenters. The van der Waals surface area contributed by atoms with Gasteiger partial charge < -0.3 is 4.90 Å². The van der Waals surface area contributed by atoms with E-state index < -0.39 is 10.0 Å². The quantitative estimate of drug-likeness (QED) is 0.462. The van der Waals surface area contributed by atoms with Crippen molar-refractivity contribution in [2.75, 3.05) is 45.8 Å². The Morgan fingerprint density at radius 1 is 0.930 bits per heavy atom. The molecule has 1 aromatic carbocycles. The highest BCUT2D eigenvalue weighted by molar-refractivity contribution is 7.89. The van der Waals surface area contributed by atoms with Crippen molar-refractivity contribution < 1.29 is 13.2 Å². The largest absolute Gasteiger partial charge is 0.338 e. The van der Waals surface area contributed by atoms with Crippen LogP contribution in [0, 0.1) is 19.8 Å². The van der Waals surface area contributed by atoms with Gasteiger partial charge in [0, 0.05) is 63.4 Å². The molecular formula is C33H50N6O3S. The van der Waals surface area contributed by atoms with Crippen LogP contribution in [-0.4, -0.2) is 106 Å². The fourth-order valence-corrected chi connectivity index (χ4v) is 8.89. The third kappa shape index (κ3) is 6.53. The zero-order valence-electron chi connectivity index (χ0n) is 26.9. The molecule has 1 amide bonds. The number of carbonyl (C=O) groups excluding carboxylic acids is 1. The third-order valence-corrected chi connectivity index (χ3v) is 12.7. The van der Waals surface area contributed by atoms with Gasteiger partial charge in [0.05, 0.1) is 22.2 Å². The lowest BCUT2D eigenvalue weighted by Gasteiger charge is -2.54. The number of hydrogen-bond acceptors (Lipinski definition) is 7. The molecule has 3 aliphatic rings.